The number of aromatic nitrogens is 3. The Morgan fingerprint density at radius 1 is 0.919 bits per heavy atom. The van der Waals surface area contributed by atoms with Gasteiger partial charge in [-0.05, 0) is 11.6 Å². The van der Waals surface area contributed by atoms with Crippen molar-refractivity contribution < 1.29 is 34.2 Å². The van der Waals surface area contributed by atoms with E-state index in [0.29, 0.717) is 11.3 Å². The van der Waals surface area contributed by atoms with Gasteiger partial charge < -0.3 is 41.9 Å². The van der Waals surface area contributed by atoms with Crippen LogP contribution in [0.15, 0.2) is 43.0 Å². The summed E-state index contributed by atoms with van der Waals surface area (Å²) in [5, 5.41) is 25.9. The number of hydrogen-bond donors (Lipinski definition) is 8. The summed E-state index contributed by atoms with van der Waals surface area (Å²) < 4.78 is 0. The second-order valence-electron chi connectivity index (χ2n) is 8.28. The van der Waals surface area contributed by atoms with Gasteiger partial charge in [0, 0.05) is 41.8 Å². The number of fused-ring (bicyclic) bond motifs is 1. The van der Waals surface area contributed by atoms with Crippen LogP contribution in [0.4, 0.5) is 0 Å². The monoisotopic (exact) mass is 513 g/mol. The number of aromatic amines is 2. The van der Waals surface area contributed by atoms with Gasteiger partial charge in [0.1, 0.15) is 18.6 Å². The van der Waals surface area contributed by atoms with Gasteiger partial charge in [-0.1, -0.05) is 18.2 Å². The highest BCUT2D eigenvalue weighted by Gasteiger charge is 2.30. The van der Waals surface area contributed by atoms with Crippen molar-refractivity contribution in [3.63, 3.8) is 0 Å². The van der Waals surface area contributed by atoms with Gasteiger partial charge in [0.25, 0.3) is 0 Å². The summed E-state index contributed by atoms with van der Waals surface area (Å²) in [6.45, 7) is -0.659. The molecule has 0 fully saturated rings. The van der Waals surface area contributed by atoms with Crippen molar-refractivity contribution in [1.29, 1.82) is 0 Å². The fourth-order valence-corrected chi connectivity index (χ4v) is 3.67. The van der Waals surface area contributed by atoms with Crippen molar-refractivity contribution >= 4 is 40.6 Å². The summed E-state index contributed by atoms with van der Waals surface area (Å²) in [5.41, 5.74) is 7.66. The number of nitrogens with two attached hydrogens (primary N) is 1. The Morgan fingerprint density at radius 3 is 2.30 bits per heavy atom. The molecule has 0 radical (unpaired) electrons. The van der Waals surface area contributed by atoms with E-state index in [4.69, 9.17) is 15.9 Å². The Labute approximate surface area is 210 Å². The van der Waals surface area contributed by atoms with E-state index < -0.39 is 60.8 Å². The number of carboxylic acids is 2. The van der Waals surface area contributed by atoms with Crippen LogP contribution in [0.3, 0.4) is 0 Å². The molecule has 196 valence electrons. The van der Waals surface area contributed by atoms with Crippen molar-refractivity contribution in [3.05, 3.63) is 54.2 Å². The maximum absolute atomic E-state index is 13.4. The molecule has 3 amide bonds. The molecule has 0 aliphatic rings. The largest absolute Gasteiger partial charge is 0.481 e. The second kappa shape index (κ2) is 12.3. The number of benzene rings is 1. The van der Waals surface area contributed by atoms with Gasteiger partial charge in [-0.15, -0.1) is 0 Å². The molecule has 2 heterocycles. The molecular formula is C23H27N7O7. The number of carboxylic acid groups (broad SMARTS) is 2. The Bertz CT molecular complexity index is 1270. The Balaban J connectivity index is 1.84. The molecule has 3 aromatic rings. The van der Waals surface area contributed by atoms with E-state index in [-0.39, 0.29) is 12.8 Å². The highest BCUT2D eigenvalue weighted by molar-refractivity contribution is 5.95. The van der Waals surface area contributed by atoms with Gasteiger partial charge in [-0.2, -0.15) is 0 Å². The Hall–Kier alpha value is -4.72. The molecule has 1 aromatic carbocycles. The van der Waals surface area contributed by atoms with E-state index in [0.717, 1.165) is 10.9 Å². The molecule has 0 bridgehead atoms. The molecular weight excluding hydrogens is 486 g/mol. The van der Waals surface area contributed by atoms with Crippen molar-refractivity contribution in [1.82, 2.24) is 30.9 Å². The van der Waals surface area contributed by atoms with E-state index in [1.54, 1.807) is 6.20 Å². The third-order valence-electron chi connectivity index (χ3n) is 5.49. The first-order valence-corrected chi connectivity index (χ1v) is 11.2. The van der Waals surface area contributed by atoms with Crippen molar-refractivity contribution in [2.75, 3.05) is 6.54 Å². The normalized spacial score (nSPS) is 13.3. The van der Waals surface area contributed by atoms with Gasteiger partial charge in [0.15, 0.2) is 0 Å². The minimum Gasteiger partial charge on any atom is -0.481 e. The average Bonchev–Trinajstić information content (AvgIpc) is 3.51. The third-order valence-corrected chi connectivity index (χ3v) is 5.49. The van der Waals surface area contributed by atoms with Gasteiger partial charge in [-0.25, -0.2) is 4.98 Å². The maximum Gasteiger partial charge on any atom is 0.322 e. The summed E-state index contributed by atoms with van der Waals surface area (Å²) in [5.74, 6) is -4.92. The highest BCUT2D eigenvalue weighted by atomic mass is 16.4. The fourth-order valence-electron chi connectivity index (χ4n) is 3.67. The molecule has 14 heteroatoms. The van der Waals surface area contributed by atoms with Crippen molar-refractivity contribution in [2.45, 2.75) is 37.4 Å². The number of rotatable bonds is 13. The number of nitrogens with one attached hydrogen (secondary N) is 5. The molecule has 0 aliphatic heterocycles. The van der Waals surface area contributed by atoms with Crippen LogP contribution >= 0.6 is 0 Å². The van der Waals surface area contributed by atoms with Crippen molar-refractivity contribution in [2.24, 2.45) is 5.73 Å². The molecule has 3 atom stereocenters. The molecule has 0 spiro atoms. The summed E-state index contributed by atoms with van der Waals surface area (Å²) in [7, 11) is 0. The van der Waals surface area contributed by atoms with E-state index in [2.05, 4.69) is 30.9 Å². The fraction of sp³-hybridized carbons (Fsp3) is 0.304. The first-order chi connectivity index (χ1) is 17.6. The molecule has 0 saturated carbocycles. The highest BCUT2D eigenvalue weighted by Crippen LogP contribution is 2.19. The van der Waals surface area contributed by atoms with Crippen LogP contribution in [-0.4, -0.2) is 79.5 Å². The molecule has 3 unspecified atom stereocenters. The van der Waals surface area contributed by atoms with E-state index in [1.807, 2.05) is 24.3 Å². The molecule has 14 nitrogen and oxygen atoms in total. The number of imidazole rings is 1. The summed E-state index contributed by atoms with van der Waals surface area (Å²) in [6, 6.07) is 3.45. The molecule has 0 saturated heterocycles. The molecule has 0 aliphatic carbocycles. The van der Waals surface area contributed by atoms with Crippen molar-refractivity contribution in [3.8, 4) is 0 Å². The minimum absolute atomic E-state index is 0.00506. The van der Waals surface area contributed by atoms with Crippen LogP contribution in [0.25, 0.3) is 10.9 Å². The zero-order chi connectivity index (χ0) is 26.9. The van der Waals surface area contributed by atoms with Crippen LogP contribution in [0, 0.1) is 0 Å². The zero-order valence-corrected chi connectivity index (χ0v) is 19.6. The van der Waals surface area contributed by atoms with Gasteiger partial charge in [0.2, 0.25) is 17.7 Å². The van der Waals surface area contributed by atoms with E-state index in [9.17, 15) is 24.0 Å². The first-order valence-electron chi connectivity index (χ1n) is 11.2. The zero-order valence-electron chi connectivity index (χ0n) is 19.6. The lowest BCUT2D eigenvalue weighted by molar-refractivity contribution is -0.139. The molecule has 9 N–H and O–H groups in total. The number of amides is 3. The van der Waals surface area contributed by atoms with E-state index >= 15 is 0 Å². The number of nitrogens with zero attached hydrogens (tertiary/aromatic N) is 1. The maximum atomic E-state index is 13.4. The lowest BCUT2D eigenvalue weighted by atomic mass is 10.0. The first kappa shape index (κ1) is 26.9. The number of para-hydroxylation sites is 1. The average molecular weight is 514 g/mol. The number of H-pyrrole nitrogens is 2. The lowest BCUT2D eigenvalue weighted by Crippen LogP contribution is -2.57. The topological polar surface area (TPSA) is 232 Å². The molecule has 2 aromatic heterocycles. The second-order valence-corrected chi connectivity index (χ2v) is 8.28. The Morgan fingerprint density at radius 2 is 1.62 bits per heavy atom. The van der Waals surface area contributed by atoms with Crippen LogP contribution < -0.4 is 21.7 Å². The quantitative estimate of drug-likeness (QED) is 0.135. The summed E-state index contributed by atoms with van der Waals surface area (Å²) in [6.07, 6.45) is 3.81. The number of aliphatic carboxylic acids is 2. The Kier molecular flexibility index (Phi) is 8.94. The van der Waals surface area contributed by atoms with Crippen LogP contribution in [0.1, 0.15) is 17.7 Å². The van der Waals surface area contributed by atoms with Gasteiger partial charge >= 0.3 is 11.9 Å². The van der Waals surface area contributed by atoms with Crippen LogP contribution in [0.2, 0.25) is 0 Å². The number of carbonyl (C=O) groups excluding carboxylic acids is 3. The number of carbonyl (C=O) groups is 5. The van der Waals surface area contributed by atoms with Crippen LogP contribution in [0.5, 0.6) is 0 Å². The minimum atomic E-state index is -1.41. The predicted octanol–water partition coefficient (Wildman–Crippen LogP) is -1.35. The van der Waals surface area contributed by atoms with Gasteiger partial charge in [0.05, 0.1) is 18.8 Å². The van der Waals surface area contributed by atoms with Crippen LogP contribution in [-0.2, 0) is 36.8 Å². The third kappa shape index (κ3) is 7.63. The standard InChI is InChI=1S/C23H27N7O7/c24-15(7-19(31)32)21(35)29-17(5-12-8-26-16-4-2-1-3-14(12)16)23(37)30-18(6-13-9-25-11-28-13)22(36)27-10-20(33)34/h1-4,8-9,11,15,17-18,26H,5-7,10,24H2,(H,25,28)(H,27,36)(H,29,35)(H,30,37)(H,31,32)(H,33,34). The van der Waals surface area contributed by atoms with Gasteiger partial charge in [-0.3, -0.25) is 24.0 Å². The lowest BCUT2D eigenvalue weighted by Gasteiger charge is -2.24. The predicted molar refractivity (Wildman–Crippen MR) is 129 cm³/mol. The van der Waals surface area contributed by atoms with E-state index in [1.165, 1.54) is 12.5 Å². The SMILES string of the molecule is NC(CC(=O)O)C(=O)NC(Cc1c[nH]c2ccccc12)C(=O)NC(Cc1cnc[nH]1)C(=O)NCC(=O)O. The number of hydrogen-bond acceptors (Lipinski definition) is 7. The molecule has 3 rings (SSSR count). The smallest absolute Gasteiger partial charge is 0.322 e. The molecule has 37 heavy (non-hydrogen) atoms. The summed E-state index contributed by atoms with van der Waals surface area (Å²) >= 11 is 0. The summed E-state index contributed by atoms with van der Waals surface area (Å²) in [4.78, 5) is 70.2.